The molecule has 0 aliphatic carbocycles. The number of anilines is 3. The van der Waals surface area contributed by atoms with Crippen molar-refractivity contribution in [1.29, 1.82) is 0 Å². The maximum atomic E-state index is 15.3. The third kappa shape index (κ3) is 5.11. The van der Waals surface area contributed by atoms with Gasteiger partial charge in [0.2, 0.25) is 5.91 Å². The fraction of sp³-hybridized carbons (Fsp3) is 0.241. The monoisotopic (exact) mass is 553 g/mol. The number of carbonyl (C=O) groups is 1. The highest BCUT2D eigenvalue weighted by atomic mass is 19.1. The maximum Gasteiger partial charge on any atom is 0.246 e. The van der Waals surface area contributed by atoms with E-state index in [1.165, 1.54) is 24.8 Å². The molecule has 1 atom stereocenters. The van der Waals surface area contributed by atoms with Crippen LogP contribution in [0.5, 0.6) is 11.5 Å². The second-order valence-electron chi connectivity index (χ2n) is 9.75. The standard InChI is InChI=1S/C29H28FN9O2/c1-4-19-15-37(10-11-38(19)27(40)5-2)25-7-6-22-28(36-25)29(33-16-31-22)35-23-12-18(3)24(14-21(23)30)41-20-8-9-39-26(13-20)32-17-34-39/h5-9,12-14,16-17,19H,2,4,10-11,15H2,1,3H3,(H,31,33,35). The van der Waals surface area contributed by atoms with E-state index in [2.05, 4.69) is 43.8 Å². The van der Waals surface area contributed by atoms with Crippen molar-refractivity contribution in [2.45, 2.75) is 26.3 Å². The summed E-state index contributed by atoms with van der Waals surface area (Å²) >= 11 is 0. The van der Waals surface area contributed by atoms with Gasteiger partial charge in [0.1, 0.15) is 41.3 Å². The predicted octanol–water partition coefficient (Wildman–Crippen LogP) is 4.66. The van der Waals surface area contributed by atoms with Crippen LogP contribution in [0.1, 0.15) is 18.9 Å². The number of pyridine rings is 2. The first-order chi connectivity index (χ1) is 19.9. The molecule has 0 saturated carbocycles. The molecule has 0 spiro atoms. The summed E-state index contributed by atoms with van der Waals surface area (Å²) in [6.07, 6.45) is 6.77. The Morgan fingerprint density at radius 2 is 2.05 bits per heavy atom. The SMILES string of the molecule is C=CC(=O)N1CCN(c2ccc3ncnc(Nc4cc(C)c(Oc5ccn6ncnc6c5)cc4F)c3n2)CC1CC. The summed E-state index contributed by atoms with van der Waals surface area (Å²) in [4.78, 5) is 34.0. The number of amides is 1. The first kappa shape index (κ1) is 26.1. The average molecular weight is 554 g/mol. The van der Waals surface area contributed by atoms with Crippen LogP contribution in [-0.2, 0) is 4.79 Å². The minimum absolute atomic E-state index is 0.0486. The number of hydrogen-bond donors (Lipinski definition) is 1. The topological polar surface area (TPSA) is 114 Å². The third-order valence-electron chi connectivity index (χ3n) is 7.20. The van der Waals surface area contributed by atoms with Gasteiger partial charge in [-0.25, -0.2) is 28.8 Å². The number of fused-ring (bicyclic) bond motifs is 2. The minimum Gasteiger partial charge on any atom is -0.457 e. The van der Waals surface area contributed by atoms with Gasteiger partial charge < -0.3 is 19.9 Å². The van der Waals surface area contributed by atoms with E-state index in [4.69, 9.17) is 9.72 Å². The Kier molecular flexibility index (Phi) is 6.88. The van der Waals surface area contributed by atoms with Crippen LogP contribution in [0.25, 0.3) is 16.7 Å². The number of carbonyl (C=O) groups excluding carboxylic acids is 1. The first-order valence-corrected chi connectivity index (χ1v) is 13.3. The molecular weight excluding hydrogens is 525 g/mol. The number of hydrogen-bond acceptors (Lipinski definition) is 9. The number of aromatic nitrogens is 6. The quantitative estimate of drug-likeness (QED) is 0.287. The Labute approximate surface area is 235 Å². The Bertz CT molecular complexity index is 1770. The van der Waals surface area contributed by atoms with E-state index >= 15 is 4.39 Å². The smallest absolute Gasteiger partial charge is 0.246 e. The highest BCUT2D eigenvalue weighted by molar-refractivity contribution is 5.89. The number of aryl methyl sites for hydroxylation is 1. The largest absolute Gasteiger partial charge is 0.457 e. The van der Waals surface area contributed by atoms with Gasteiger partial charge in [0.15, 0.2) is 11.5 Å². The molecule has 41 heavy (non-hydrogen) atoms. The summed E-state index contributed by atoms with van der Waals surface area (Å²) in [5.74, 6) is 1.45. The first-order valence-electron chi connectivity index (χ1n) is 13.3. The molecule has 1 saturated heterocycles. The summed E-state index contributed by atoms with van der Waals surface area (Å²) in [6, 6.07) is 10.3. The number of benzene rings is 1. The van der Waals surface area contributed by atoms with Crippen molar-refractivity contribution in [3.8, 4) is 11.5 Å². The molecule has 0 bridgehead atoms. The van der Waals surface area contributed by atoms with E-state index < -0.39 is 5.82 Å². The molecule has 6 rings (SSSR count). The fourth-order valence-corrected chi connectivity index (χ4v) is 5.00. The molecule has 1 fully saturated rings. The Morgan fingerprint density at radius 1 is 1.17 bits per heavy atom. The molecule has 1 N–H and O–H groups in total. The number of halogens is 1. The molecule has 1 amide bonds. The highest BCUT2D eigenvalue weighted by Gasteiger charge is 2.29. The molecule has 11 nitrogen and oxygen atoms in total. The van der Waals surface area contributed by atoms with Crippen molar-refractivity contribution >= 4 is 39.9 Å². The predicted molar refractivity (Wildman–Crippen MR) is 153 cm³/mol. The lowest BCUT2D eigenvalue weighted by Crippen LogP contribution is -2.54. The number of nitrogens with zero attached hydrogens (tertiary/aromatic N) is 8. The van der Waals surface area contributed by atoms with Crippen LogP contribution in [-0.4, -0.2) is 66.0 Å². The minimum atomic E-state index is -0.508. The molecule has 5 heterocycles. The van der Waals surface area contributed by atoms with Gasteiger partial charge in [0.25, 0.3) is 0 Å². The van der Waals surface area contributed by atoms with Crippen molar-refractivity contribution in [3.63, 3.8) is 0 Å². The van der Waals surface area contributed by atoms with E-state index in [0.717, 1.165) is 17.8 Å². The van der Waals surface area contributed by atoms with E-state index in [1.807, 2.05) is 24.0 Å². The molecule has 208 valence electrons. The Hall–Kier alpha value is -5.13. The van der Waals surface area contributed by atoms with Gasteiger partial charge in [-0.1, -0.05) is 13.5 Å². The number of piperazine rings is 1. The van der Waals surface area contributed by atoms with Gasteiger partial charge in [0.05, 0.1) is 11.2 Å². The van der Waals surface area contributed by atoms with Gasteiger partial charge in [-0.05, 0) is 49.2 Å². The van der Waals surface area contributed by atoms with Crippen molar-refractivity contribution in [1.82, 2.24) is 34.4 Å². The highest BCUT2D eigenvalue weighted by Crippen LogP contribution is 2.32. The van der Waals surface area contributed by atoms with Crippen molar-refractivity contribution in [2.75, 3.05) is 29.9 Å². The van der Waals surface area contributed by atoms with Crippen LogP contribution in [0.2, 0.25) is 0 Å². The van der Waals surface area contributed by atoms with Crippen LogP contribution in [0, 0.1) is 12.7 Å². The summed E-state index contributed by atoms with van der Waals surface area (Å²) in [6.45, 7) is 9.37. The zero-order valence-corrected chi connectivity index (χ0v) is 22.7. The molecule has 4 aromatic heterocycles. The van der Waals surface area contributed by atoms with Gasteiger partial charge in [0, 0.05) is 44.0 Å². The molecule has 12 heteroatoms. The zero-order valence-electron chi connectivity index (χ0n) is 22.7. The Morgan fingerprint density at radius 3 is 2.88 bits per heavy atom. The van der Waals surface area contributed by atoms with E-state index in [-0.39, 0.29) is 17.6 Å². The van der Waals surface area contributed by atoms with Gasteiger partial charge in [-0.3, -0.25) is 4.79 Å². The normalized spacial score (nSPS) is 15.3. The van der Waals surface area contributed by atoms with Crippen LogP contribution >= 0.6 is 0 Å². The lowest BCUT2D eigenvalue weighted by atomic mass is 10.1. The lowest BCUT2D eigenvalue weighted by Gasteiger charge is -2.41. The van der Waals surface area contributed by atoms with Crippen LogP contribution in [0.4, 0.5) is 21.7 Å². The molecule has 1 unspecified atom stereocenters. The lowest BCUT2D eigenvalue weighted by molar-refractivity contribution is -0.128. The second kappa shape index (κ2) is 10.8. The van der Waals surface area contributed by atoms with Gasteiger partial charge in [-0.15, -0.1) is 0 Å². The summed E-state index contributed by atoms with van der Waals surface area (Å²) in [7, 11) is 0. The molecule has 5 aromatic rings. The zero-order chi connectivity index (χ0) is 28.5. The summed E-state index contributed by atoms with van der Waals surface area (Å²) < 4.78 is 22.9. The van der Waals surface area contributed by atoms with Gasteiger partial charge >= 0.3 is 0 Å². The molecule has 1 aromatic carbocycles. The maximum absolute atomic E-state index is 15.3. The van der Waals surface area contributed by atoms with Crippen LogP contribution < -0.4 is 15.0 Å². The van der Waals surface area contributed by atoms with E-state index in [0.29, 0.717) is 53.6 Å². The van der Waals surface area contributed by atoms with Crippen LogP contribution in [0.15, 0.2) is 67.9 Å². The van der Waals surface area contributed by atoms with Crippen molar-refractivity contribution in [3.05, 3.63) is 79.3 Å². The third-order valence-corrected chi connectivity index (χ3v) is 7.20. The fourth-order valence-electron chi connectivity index (χ4n) is 5.00. The number of rotatable bonds is 7. The summed E-state index contributed by atoms with van der Waals surface area (Å²) in [5.41, 5.74) is 2.72. The van der Waals surface area contributed by atoms with Crippen LogP contribution in [0.3, 0.4) is 0 Å². The second-order valence-corrected chi connectivity index (χ2v) is 9.75. The van der Waals surface area contributed by atoms with Crippen molar-refractivity contribution in [2.24, 2.45) is 0 Å². The Balaban J connectivity index is 1.25. The van der Waals surface area contributed by atoms with E-state index in [9.17, 15) is 4.79 Å². The number of nitrogens with one attached hydrogen (secondary N) is 1. The average Bonchev–Trinajstić information content (AvgIpc) is 3.47. The van der Waals surface area contributed by atoms with Crippen molar-refractivity contribution < 1.29 is 13.9 Å². The molecule has 0 radical (unpaired) electrons. The molecule has 1 aliphatic heterocycles. The van der Waals surface area contributed by atoms with E-state index in [1.54, 1.807) is 28.9 Å². The molecular formula is C29H28FN9O2. The van der Waals surface area contributed by atoms with Gasteiger partial charge in [-0.2, -0.15) is 5.10 Å². The number of ether oxygens (including phenoxy) is 1. The summed E-state index contributed by atoms with van der Waals surface area (Å²) in [5, 5.41) is 7.17. The molecule has 1 aliphatic rings.